The van der Waals surface area contributed by atoms with Gasteiger partial charge in [-0.25, -0.2) is 0 Å². The second-order valence-electron chi connectivity index (χ2n) is 5.10. The summed E-state index contributed by atoms with van der Waals surface area (Å²) in [5, 5.41) is 0. The Balaban J connectivity index is 2.34. The number of hydrogen-bond acceptors (Lipinski definition) is 2. The van der Waals surface area contributed by atoms with Crippen molar-refractivity contribution in [1.82, 2.24) is 9.80 Å². The van der Waals surface area contributed by atoms with Crippen molar-refractivity contribution in [3.63, 3.8) is 0 Å². The molecule has 1 rings (SSSR count). The summed E-state index contributed by atoms with van der Waals surface area (Å²) in [4.78, 5) is 5.04. The molecule has 1 atom stereocenters. The SMILES string of the molecule is CCC(CCN(C)C)N1CCCCCC1. The molecule has 1 unspecified atom stereocenters. The zero-order valence-corrected chi connectivity index (χ0v) is 10.8. The van der Waals surface area contributed by atoms with Crippen LogP contribution < -0.4 is 0 Å². The molecular weight excluding hydrogens is 184 g/mol. The van der Waals surface area contributed by atoms with Gasteiger partial charge in [-0.3, -0.25) is 0 Å². The van der Waals surface area contributed by atoms with Crippen LogP contribution in [0.5, 0.6) is 0 Å². The average molecular weight is 212 g/mol. The molecular formula is C13H28N2. The van der Waals surface area contributed by atoms with Crippen LogP contribution in [-0.4, -0.2) is 49.6 Å². The van der Waals surface area contributed by atoms with Gasteiger partial charge in [0.2, 0.25) is 0 Å². The van der Waals surface area contributed by atoms with Gasteiger partial charge in [-0.2, -0.15) is 0 Å². The summed E-state index contributed by atoms with van der Waals surface area (Å²) in [6.45, 7) is 6.25. The van der Waals surface area contributed by atoms with E-state index in [0.29, 0.717) is 0 Å². The predicted octanol–water partition coefficient (Wildman–Crippen LogP) is 2.59. The highest BCUT2D eigenvalue weighted by Crippen LogP contribution is 2.16. The lowest BCUT2D eigenvalue weighted by Crippen LogP contribution is -2.37. The maximum Gasteiger partial charge on any atom is 0.0105 e. The Morgan fingerprint density at radius 2 is 1.67 bits per heavy atom. The normalized spacial score (nSPS) is 21.6. The van der Waals surface area contributed by atoms with E-state index >= 15 is 0 Å². The quantitative estimate of drug-likeness (QED) is 0.691. The molecule has 1 fully saturated rings. The van der Waals surface area contributed by atoms with E-state index in [2.05, 4.69) is 30.8 Å². The molecule has 0 amide bonds. The van der Waals surface area contributed by atoms with Crippen LogP contribution in [0.25, 0.3) is 0 Å². The third-order valence-corrected chi connectivity index (χ3v) is 3.54. The smallest absolute Gasteiger partial charge is 0.0105 e. The third kappa shape index (κ3) is 4.98. The van der Waals surface area contributed by atoms with Gasteiger partial charge < -0.3 is 9.80 Å². The van der Waals surface area contributed by atoms with E-state index < -0.39 is 0 Å². The molecule has 0 saturated carbocycles. The van der Waals surface area contributed by atoms with Gasteiger partial charge in [0.15, 0.2) is 0 Å². The highest BCUT2D eigenvalue weighted by molar-refractivity contribution is 4.73. The van der Waals surface area contributed by atoms with Crippen molar-refractivity contribution < 1.29 is 0 Å². The van der Waals surface area contributed by atoms with Gasteiger partial charge in [-0.1, -0.05) is 19.8 Å². The summed E-state index contributed by atoms with van der Waals surface area (Å²) in [6.07, 6.45) is 8.37. The molecule has 0 radical (unpaired) electrons. The van der Waals surface area contributed by atoms with Crippen molar-refractivity contribution in [2.45, 2.75) is 51.5 Å². The minimum absolute atomic E-state index is 0.825. The number of hydrogen-bond donors (Lipinski definition) is 0. The molecule has 1 aliphatic rings. The lowest BCUT2D eigenvalue weighted by atomic mass is 10.1. The minimum Gasteiger partial charge on any atom is -0.309 e. The first-order valence-corrected chi connectivity index (χ1v) is 6.62. The zero-order chi connectivity index (χ0) is 11.1. The first kappa shape index (κ1) is 13.0. The molecule has 2 nitrogen and oxygen atoms in total. The Morgan fingerprint density at radius 1 is 1.07 bits per heavy atom. The van der Waals surface area contributed by atoms with E-state index in [9.17, 15) is 0 Å². The van der Waals surface area contributed by atoms with Crippen LogP contribution in [0.1, 0.15) is 45.4 Å². The fraction of sp³-hybridized carbons (Fsp3) is 1.00. The molecule has 90 valence electrons. The van der Waals surface area contributed by atoms with E-state index in [0.717, 1.165) is 6.04 Å². The van der Waals surface area contributed by atoms with Crippen LogP contribution in [0.2, 0.25) is 0 Å². The van der Waals surface area contributed by atoms with E-state index in [1.807, 2.05) is 0 Å². The van der Waals surface area contributed by atoms with Crippen LogP contribution in [0.3, 0.4) is 0 Å². The Morgan fingerprint density at radius 3 is 2.13 bits per heavy atom. The highest BCUT2D eigenvalue weighted by Gasteiger charge is 2.17. The second-order valence-corrected chi connectivity index (χ2v) is 5.10. The van der Waals surface area contributed by atoms with Crippen molar-refractivity contribution in [1.29, 1.82) is 0 Å². The summed E-state index contributed by atoms with van der Waals surface area (Å²) < 4.78 is 0. The molecule has 0 aromatic rings. The third-order valence-electron chi connectivity index (χ3n) is 3.54. The molecule has 0 bridgehead atoms. The zero-order valence-electron chi connectivity index (χ0n) is 10.8. The Bertz CT molecular complexity index is 149. The highest BCUT2D eigenvalue weighted by atomic mass is 15.2. The van der Waals surface area contributed by atoms with Crippen molar-refractivity contribution in [3.8, 4) is 0 Å². The fourth-order valence-corrected chi connectivity index (χ4v) is 2.51. The second kappa shape index (κ2) is 7.24. The topological polar surface area (TPSA) is 6.48 Å². The van der Waals surface area contributed by atoms with Gasteiger partial charge in [0.1, 0.15) is 0 Å². The fourth-order valence-electron chi connectivity index (χ4n) is 2.51. The molecule has 1 heterocycles. The van der Waals surface area contributed by atoms with Gasteiger partial charge in [0, 0.05) is 6.04 Å². The average Bonchev–Trinajstić information content (AvgIpc) is 2.47. The molecule has 0 aromatic heterocycles. The van der Waals surface area contributed by atoms with E-state index in [4.69, 9.17) is 0 Å². The van der Waals surface area contributed by atoms with Gasteiger partial charge in [-0.05, 0) is 59.4 Å². The van der Waals surface area contributed by atoms with Gasteiger partial charge in [-0.15, -0.1) is 0 Å². The molecule has 15 heavy (non-hydrogen) atoms. The first-order valence-electron chi connectivity index (χ1n) is 6.62. The van der Waals surface area contributed by atoms with Crippen molar-refractivity contribution >= 4 is 0 Å². The van der Waals surface area contributed by atoms with Crippen LogP contribution >= 0.6 is 0 Å². The van der Waals surface area contributed by atoms with E-state index in [1.165, 1.54) is 58.2 Å². The predicted molar refractivity (Wildman–Crippen MR) is 67.3 cm³/mol. The molecule has 0 N–H and O–H groups in total. The molecule has 0 spiro atoms. The van der Waals surface area contributed by atoms with Crippen LogP contribution in [0, 0.1) is 0 Å². The van der Waals surface area contributed by atoms with Crippen LogP contribution in [0.15, 0.2) is 0 Å². The molecule has 1 aliphatic heterocycles. The van der Waals surface area contributed by atoms with Crippen LogP contribution in [0.4, 0.5) is 0 Å². The monoisotopic (exact) mass is 212 g/mol. The maximum atomic E-state index is 2.73. The number of likely N-dealkylation sites (tertiary alicyclic amines) is 1. The van der Waals surface area contributed by atoms with Crippen LogP contribution in [-0.2, 0) is 0 Å². The Hall–Kier alpha value is -0.0800. The molecule has 0 aromatic carbocycles. The standard InChI is InChI=1S/C13H28N2/c1-4-13(9-12-14(2)3)15-10-7-5-6-8-11-15/h13H,4-12H2,1-3H3. The maximum absolute atomic E-state index is 2.73. The summed E-state index contributed by atoms with van der Waals surface area (Å²) in [6, 6.07) is 0.825. The summed E-state index contributed by atoms with van der Waals surface area (Å²) in [5.74, 6) is 0. The van der Waals surface area contributed by atoms with Gasteiger partial charge in [0.25, 0.3) is 0 Å². The summed E-state index contributed by atoms with van der Waals surface area (Å²) >= 11 is 0. The van der Waals surface area contributed by atoms with E-state index in [1.54, 1.807) is 0 Å². The van der Waals surface area contributed by atoms with Crippen molar-refractivity contribution in [3.05, 3.63) is 0 Å². The van der Waals surface area contributed by atoms with Crippen molar-refractivity contribution in [2.24, 2.45) is 0 Å². The largest absolute Gasteiger partial charge is 0.309 e. The van der Waals surface area contributed by atoms with Crippen molar-refractivity contribution in [2.75, 3.05) is 33.7 Å². The summed E-state index contributed by atoms with van der Waals surface area (Å²) in [5.41, 5.74) is 0. The van der Waals surface area contributed by atoms with Gasteiger partial charge >= 0.3 is 0 Å². The van der Waals surface area contributed by atoms with Gasteiger partial charge in [0.05, 0.1) is 0 Å². The number of nitrogens with zero attached hydrogens (tertiary/aromatic N) is 2. The minimum atomic E-state index is 0.825. The summed E-state index contributed by atoms with van der Waals surface area (Å²) in [7, 11) is 4.35. The Labute approximate surface area is 95.6 Å². The number of rotatable bonds is 5. The molecule has 0 aliphatic carbocycles. The van der Waals surface area contributed by atoms with E-state index in [-0.39, 0.29) is 0 Å². The molecule has 2 heteroatoms. The Kier molecular flexibility index (Phi) is 6.26. The first-order chi connectivity index (χ1) is 7.24. The molecule has 1 saturated heterocycles. The lowest BCUT2D eigenvalue weighted by Gasteiger charge is -2.30. The lowest BCUT2D eigenvalue weighted by molar-refractivity contribution is 0.176.